The smallest absolute Gasteiger partial charge is 0.223 e. The Bertz CT molecular complexity index is 449. The molecule has 0 spiro atoms. The van der Waals surface area contributed by atoms with Gasteiger partial charge in [0.15, 0.2) is 9.84 Å². The molecule has 0 bridgehead atoms. The van der Waals surface area contributed by atoms with Crippen LogP contribution in [-0.4, -0.2) is 54.9 Å². The lowest BCUT2D eigenvalue weighted by molar-refractivity contribution is -0.132. The summed E-state index contributed by atoms with van der Waals surface area (Å²) in [5.74, 6) is 1.35. The van der Waals surface area contributed by atoms with Gasteiger partial charge in [-0.15, -0.1) is 0 Å². The van der Waals surface area contributed by atoms with Crippen molar-refractivity contribution in [3.05, 3.63) is 0 Å². The Labute approximate surface area is 132 Å². The van der Waals surface area contributed by atoms with Crippen LogP contribution in [0.2, 0.25) is 0 Å². The first-order valence-corrected chi connectivity index (χ1v) is 10.4. The molecule has 21 heavy (non-hydrogen) atoms. The maximum Gasteiger partial charge on any atom is 0.223 e. The van der Waals surface area contributed by atoms with E-state index >= 15 is 0 Å². The lowest BCUT2D eigenvalue weighted by Crippen LogP contribution is -2.50. The van der Waals surface area contributed by atoms with Crippen LogP contribution in [0, 0.1) is 5.41 Å². The number of thioether (sulfide) groups is 1. The van der Waals surface area contributed by atoms with Crippen molar-refractivity contribution in [3.8, 4) is 0 Å². The van der Waals surface area contributed by atoms with Crippen molar-refractivity contribution >= 4 is 27.5 Å². The summed E-state index contributed by atoms with van der Waals surface area (Å²) in [6.07, 6.45) is 2.01. The molecule has 1 fully saturated rings. The van der Waals surface area contributed by atoms with Crippen molar-refractivity contribution in [1.29, 1.82) is 0 Å². The number of nitrogens with zero attached hydrogens (tertiary/aromatic N) is 1. The SMILES string of the molecule is CCS(=O)(=O)C1CSCCN1C(=O)CCC(C)(C)CCN. The zero-order valence-electron chi connectivity index (χ0n) is 13.3. The number of rotatable bonds is 7. The van der Waals surface area contributed by atoms with Crippen LogP contribution < -0.4 is 5.73 Å². The minimum absolute atomic E-state index is 0.0219. The standard InChI is InChI=1S/C14H28N2O3S2/c1-4-21(18,19)13-11-20-10-9-16(13)12(17)5-6-14(2,3)7-8-15/h13H,4-11,15H2,1-3H3. The largest absolute Gasteiger partial charge is 0.330 e. The monoisotopic (exact) mass is 336 g/mol. The predicted molar refractivity (Wildman–Crippen MR) is 89.0 cm³/mol. The van der Waals surface area contributed by atoms with E-state index < -0.39 is 15.2 Å². The summed E-state index contributed by atoms with van der Waals surface area (Å²) in [7, 11) is -3.22. The van der Waals surface area contributed by atoms with E-state index in [9.17, 15) is 13.2 Å². The van der Waals surface area contributed by atoms with Crippen molar-refractivity contribution in [2.45, 2.75) is 45.4 Å². The Kier molecular flexibility index (Phi) is 7.00. The quantitative estimate of drug-likeness (QED) is 0.761. The van der Waals surface area contributed by atoms with E-state index in [0.717, 1.165) is 18.6 Å². The molecule has 1 aliphatic rings. The van der Waals surface area contributed by atoms with Gasteiger partial charge in [-0.2, -0.15) is 11.8 Å². The fourth-order valence-corrected chi connectivity index (χ4v) is 5.45. The van der Waals surface area contributed by atoms with Crippen LogP contribution in [0.25, 0.3) is 0 Å². The number of carbonyl (C=O) groups is 1. The van der Waals surface area contributed by atoms with Crippen LogP contribution in [0.3, 0.4) is 0 Å². The Hall–Kier alpha value is -0.270. The molecule has 0 aromatic heterocycles. The first-order chi connectivity index (χ1) is 9.73. The Balaban J connectivity index is 2.70. The van der Waals surface area contributed by atoms with E-state index in [4.69, 9.17) is 5.73 Å². The molecule has 1 atom stereocenters. The zero-order chi connectivity index (χ0) is 16.1. The van der Waals surface area contributed by atoms with Gasteiger partial charge in [0.25, 0.3) is 0 Å². The molecule has 5 nitrogen and oxygen atoms in total. The maximum absolute atomic E-state index is 12.4. The highest BCUT2D eigenvalue weighted by Crippen LogP contribution is 2.28. The molecule has 1 amide bonds. The van der Waals surface area contributed by atoms with E-state index in [2.05, 4.69) is 13.8 Å². The van der Waals surface area contributed by atoms with Crippen molar-refractivity contribution in [2.75, 3.05) is 30.3 Å². The van der Waals surface area contributed by atoms with E-state index in [1.54, 1.807) is 23.6 Å². The van der Waals surface area contributed by atoms with Gasteiger partial charge < -0.3 is 10.6 Å². The van der Waals surface area contributed by atoms with Crippen molar-refractivity contribution < 1.29 is 13.2 Å². The second-order valence-electron chi connectivity index (χ2n) is 6.27. The fraction of sp³-hybridized carbons (Fsp3) is 0.929. The van der Waals surface area contributed by atoms with Crippen LogP contribution in [0.15, 0.2) is 0 Å². The average molecular weight is 337 g/mol. The molecule has 2 N–H and O–H groups in total. The maximum atomic E-state index is 12.4. The van der Waals surface area contributed by atoms with Gasteiger partial charge in [-0.3, -0.25) is 4.79 Å². The first kappa shape index (κ1) is 18.8. The van der Waals surface area contributed by atoms with Crippen molar-refractivity contribution in [2.24, 2.45) is 11.1 Å². The third kappa shape index (κ3) is 5.45. The van der Waals surface area contributed by atoms with Crippen LogP contribution in [-0.2, 0) is 14.6 Å². The predicted octanol–water partition coefficient (Wildman–Crippen LogP) is 1.48. The number of hydrogen-bond donors (Lipinski definition) is 1. The molecule has 0 aromatic rings. The summed E-state index contributed by atoms with van der Waals surface area (Å²) < 4.78 is 24.3. The van der Waals surface area contributed by atoms with Gasteiger partial charge in [0.2, 0.25) is 5.91 Å². The summed E-state index contributed by atoms with van der Waals surface area (Å²) in [6, 6.07) is 0. The highest BCUT2D eigenvalue weighted by atomic mass is 32.2. The second kappa shape index (κ2) is 7.83. The molecule has 0 aromatic carbocycles. The molecule has 1 aliphatic heterocycles. The first-order valence-electron chi connectivity index (χ1n) is 7.52. The van der Waals surface area contributed by atoms with Crippen LogP contribution in [0.4, 0.5) is 0 Å². The zero-order valence-corrected chi connectivity index (χ0v) is 14.9. The molecular formula is C14H28N2O3S2. The number of amides is 1. The molecule has 1 saturated heterocycles. The average Bonchev–Trinajstić information content (AvgIpc) is 2.45. The lowest BCUT2D eigenvalue weighted by Gasteiger charge is -2.35. The summed E-state index contributed by atoms with van der Waals surface area (Å²) >= 11 is 1.61. The van der Waals surface area contributed by atoms with Gasteiger partial charge in [0, 0.05) is 30.2 Å². The molecular weight excluding hydrogens is 308 g/mol. The van der Waals surface area contributed by atoms with Gasteiger partial charge in [0.1, 0.15) is 5.37 Å². The third-order valence-corrected chi connectivity index (χ3v) is 7.35. The Morgan fingerprint density at radius 3 is 2.62 bits per heavy atom. The van der Waals surface area contributed by atoms with Gasteiger partial charge in [-0.25, -0.2) is 8.42 Å². The van der Waals surface area contributed by atoms with Gasteiger partial charge in [-0.1, -0.05) is 20.8 Å². The van der Waals surface area contributed by atoms with E-state index in [1.807, 2.05) is 0 Å². The van der Waals surface area contributed by atoms with Crippen molar-refractivity contribution in [3.63, 3.8) is 0 Å². The third-order valence-electron chi connectivity index (χ3n) is 4.06. The number of carbonyl (C=O) groups excluding carboxylic acids is 1. The van der Waals surface area contributed by atoms with E-state index in [-0.39, 0.29) is 17.1 Å². The van der Waals surface area contributed by atoms with E-state index in [0.29, 0.717) is 25.3 Å². The molecule has 1 rings (SSSR count). The van der Waals surface area contributed by atoms with Crippen LogP contribution >= 0.6 is 11.8 Å². The molecule has 0 saturated carbocycles. The lowest BCUT2D eigenvalue weighted by atomic mass is 9.84. The summed E-state index contributed by atoms with van der Waals surface area (Å²) in [5, 5.41) is -0.647. The fourth-order valence-electron chi connectivity index (χ4n) is 2.46. The summed E-state index contributed by atoms with van der Waals surface area (Å²) in [4.78, 5) is 14.0. The van der Waals surface area contributed by atoms with Gasteiger partial charge in [0.05, 0.1) is 0 Å². The summed E-state index contributed by atoms with van der Waals surface area (Å²) in [5.41, 5.74) is 5.61. The molecule has 124 valence electrons. The van der Waals surface area contributed by atoms with Crippen LogP contribution in [0.1, 0.15) is 40.0 Å². The van der Waals surface area contributed by atoms with E-state index in [1.165, 1.54) is 0 Å². The number of nitrogens with two attached hydrogens (primary N) is 1. The normalized spacial score (nSPS) is 20.6. The minimum Gasteiger partial charge on any atom is -0.330 e. The minimum atomic E-state index is -3.22. The molecule has 0 aliphatic carbocycles. The highest BCUT2D eigenvalue weighted by molar-refractivity contribution is 8.01. The summed E-state index contributed by atoms with van der Waals surface area (Å²) in [6.45, 7) is 6.97. The number of sulfone groups is 1. The van der Waals surface area contributed by atoms with Crippen molar-refractivity contribution in [1.82, 2.24) is 4.90 Å². The van der Waals surface area contributed by atoms with Crippen LogP contribution in [0.5, 0.6) is 0 Å². The van der Waals surface area contributed by atoms with Gasteiger partial charge >= 0.3 is 0 Å². The molecule has 7 heteroatoms. The molecule has 0 radical (unpaired) electrons. The molecule has 1 heterocycles. The van der Waals surface area contributed by atoms with Gasteiger partial charge in [-0.05, 0) is 24.8 Å². The second-order valence-corrected chi connectivity index (χ2v) is 9.87. The Morgan fingerprint density at radius 1 is 1.38 bits per heavy atom. The Morgan fingerprint density at radius 2 is 2.05 bits per heavy atom. The topological polar surface area (TPSA) is 80.5 Å². The highest BCUT2D eigenvalue weighted by Gasteiger charge is 2.35. The number of hydrogen-bond acceptors (Lipinski definition) is 5. The molecule has 1 unspecified atom stereocenters.